The van der Waals surface area contributed by atoms with Crippen LogP contribution in [0.3, 0.4) is 0 Å². The molecule has 0 atom stereocenters. The van der Waals surface area contributed by atoms with Crippen molar-refractivity contribution in [1.82, 2.24) is 4.90 Å². The molecule has 0 heterocycles. The normalized spacial score (nSPS) is 10.7. The van der Waals surface area contributed by atoms with Gasteiger partial charge in [-0.3, -0.25) is 14.9 Å². The van der Waals surface area contributed by atoms with E-state index in [0.717, 1.165) is 25.8 Å². The van der Waals surface area contributed by atoms with E-state index < -0.39 is 0 Å². The van der Waals surface area contributed by atoms with Crippen molar-refractivity contribution < 1.29 is 14.5 Å². The first-order valence-electron chi connectivity index (χ1n) is 7.15. The van der Waals surface area contributed by atoms with E-state index in [9.17, 15) is 14.9 Å². The summed E-state index contributed by atoms with van der Waals surface area (Å²) in [6, 6.07) is 5.12. The predicted octanol–water partition coefficient (Wildman–Crippen LogP) is 3.52. The van der Waals surface area contributed by atoms with E-state index in [4.69, 9.17) is 4.74 Å². The molecule has 0 aliphatic rings. The Hall–Kier alpha value is -1.47. The van der Waals surface area contributed by atoms with Gasteiger partial charge in [-0.25, -0.2) is 0 Å². The minimum atomic E-state index is -0.354. The second-order valence-electron chi connectivity index (χ2n) is 5.17. The second kappa shape index (κ2) is 9.53. The molecular formula is C15H21BrN2O4. The van der Waals surface area contributed by atoms with Crippen molar-refractivity contribution in [1.29, 1.82) is 0 Å². The number of unbranched alkanes of at least 4 members (excludes halogenated alkanes) is 2. The topological polar surface area (TPSA) is 72.7 Å². The molecule has 0 bridgehead atoms. The van der Waals surface area contributed by atoms with Gasteiger partial charge in [0.1, 0.15) is 0 Å². The number of hydrogen-bond acceptors (Lipinski definition) is 5. The van der Waals surface area contributed by atoms with Crippen molar-refractivity contribution in [3.63, 3.8) is 0 Å². The van der Waals surface area contributed by atoms with Gasteiger partial charge in [-0.1, -0.05) is 15.9 Å². The van der Waals surface area contributed by atoms with Gasteiger partial charge in [0, 0.05) is 29.6 Å². The minimum absolute atomic E-state index is 0.135. The van der Waals surface area contributed by atoms with E-state index in [-0.39, 0.29) is 16.6 Å². The van der Waals surface area contributed by atoms with Crippen molar-refractivity contribution in [3.05, 3.63) is 38.3 Å². The average Bonchev–Trinajstić information content (AvgIpc) is 2.44. The maximum atomic E-state index is 11.1. The number of nitro groups is 1. The van der Waals surface area contributed by atoms with Gasteiger partial charge < -0.3 is 9.64 Å². The molecule has 0 fully saturated rings. The van der Waals surface area contributed by atoms with Crippen molar-refractivity contribution in [3.8, 4) is 0 Å². The molecule has 0 amide bonds. The molecule has 0 saturated heterocycles. The van der Waals surface area contributed by atoms with Gasteiger partial charge in [0.05, 0.1) is 11.5 Å². The van der Waals surface area contributed by atoms with Gasteiger partial charge >= 0.3 is 5.97 Å². The van der Waals surface area contributed by atoms with Crippen LogP contribution in [0.25, 0.3) is 0 Å². The molecule has 7 heteroatoms. The Morgan fingerprint density at radius 2 is 2.09 bits per heavy atom. The first-order valence-corrected chi connectivity index (χ1v) is 7.94. The molecule has 22 heavy (non-hydrogen) atoms. The van der Waals surface area contributed by atoms with Gasteiger partial charge in [0.15, 0.2) is 0 Å². The lowest BCUT2D eigenvalue weighted by atomic mass is 10.1. The Balaban J connectivity index is 2.37. The van der Waals surface area contributed by atoms with E-state index in [2.05, 4.69) is 20.8 Å². The van der Waals surface area contributed by atoms with Crippen molar-refractivity contribution in [2.75, 3.05) is 20.2 Å². The summed E-state index contributed by atoms with van der Waals surface area (Å²) in [6.45, 7) is 3.23. The Bertz CT molecular complexity index is 522. The molecule has 1 aromatic rings. The van der Waals surface area contributed by atoms with Crippen LogP contribution in [-0.2, 0) is 16.1 Å². The summed E-state index contributed by atoms with van der Waals surface area (Å²) in [5, 5.41) is 11.1. The maximum Gasteiger partial charge on any atom is 0.302 e. The number of esters is 1. The van der Waals surface area contributed by atoms with Crippen LogP contribution in [-0.4, -0.2) is 36.0 Å². The molecule has 6 nitrogen and oxygen atoms in total. The van der Waals surface area contributed by atoms with Crippen LogP contribution in [0.5, 0.6) is 0 Å². The highest BCUT2D eigenvalue weighted by atomic mass is 79.9. The Kier molecular flexibility index (Phi) is 8.05. The van der Waals surface area contributed by atoms with Crippen LogP contribution in [0.2, 0.25) is 0 Å². The lowest BCUT2D eigenvalue weighted by molar-refractivity contribution is -0.385. The summed E-state index contributed by atoms with van der Waals surface area (Å²) < 4.78 is 5.57. The smallest absolute Gasteiger partial charge is 0.302 e. The lowest BCUT2D eigenvalue weighted by Gasteiger charge is -2.16. The van der Waals surface area contributed by atoms with Crippen LogP contribution in [0.1, 0.15) is 31.7 Å². The number of benzene rings is 1. The van der Waals surface area contributed by atoms with Gasteiger partial charge in [-0.15, -0.1) is 0 Å². The third-order valence-electron chi connectivity index (χ3n) is 3.17. The van der Waals surface area contributed by atoms with Crippen LogP contribution >= 0.6 is 15.9 Å². The molecule has 0 unspecified atom stereocenters. The van der Waals surface area contributed by atoms with Crippen LogP contribution < -0.4 is 0 Å². The van der Waals surface area contributed by atoms with E-state index in [0.29, 0.717) is 23.2 Å². The summed E-state index contributed by atoms with van der Waals surface area (Å²) >= 11 is 3.25. The minimum Gasteiger partial charge on any atom is -0.466 e. The fraction of sp³-hybridized carbons (Fsp3) is 0.533. The SMILES string of the molecule is CC(=O)OCCCCCN(C)Cc1ccc(Br)cc1[N+](=O)[O-]. The Morgan fingerprint density at radius 3 is 2.73 bits per heavy atom. The van der Waals surface area contributed by atoms with Gasteiger partial charge in [-0.05, 0) is 45.0 Å². The number of nitro benzene ring substituents is 1. The molecule has 0 N–H and O–H groups in total. The van der Waals surface area contributed by atoms with Crippen LogP contribution in [0.4, 0.5) is 5.69 Å². The average molecular weight is 373 g/mol. The standard InChI is InChI=1S/C15H21BrN2O4/c1-12(19)22-9-5-3-4-8-17(2)11-13-6-7-14(16)10-15(13)18(20)21/h6-7,10H,3-5,8-9,11H2,1-2H3. The number of ether oxygens (including phenoxy) is 1. The first-order chi connectivity index (χ1) is 10.4. The van der Waals surface area contributed by atoms with Crippen molar-refractivity contribution in [2.24, 2.45) is 0 Å². The summed E-state index contributed by atoms with van der Waals surface area (Å²) in [6.07, 6.45) is 2.76. The van der Waals surface area contributed by atoms with Crippen molar-refractivity contribution >= 4 is 27.6 Å². The monoisotopic (exact) mass is 372 g/mol. The molecule has 1 aromatic carbocycles. The van der Waals surface area contributed by atoms with E-state index in [1.807, 2.05) is 13.1 Å². The Morgan fingerprint density at radius 1 is 1.36 bits per heavy atom. The molecule has 0 aromatic heterocycles. The third-order valence-corrected chi connectivity index (χ3v) is 3.67. The third kappa shape index (κ3) is 7.00. The molecule has 0 saturated carbocycles. The van der Waals surface area contributed by atoms with Crippen molar-refractivity contribution in [2.45, 2.75) is 32.7 Å². The molecule has 0 aliphatic heterocycles. The largest absolute Gasteiger partial charge is 0.466 e. The van der Waals surface area contributed by atoms with E-state index in [1.54, 1.807) is 6.07 Å². The zero-order chi connectivity index (χ0) is 16.5. The maximum absolute atomic E-state index is 11.1. The molecular weight excluding hydrogens is 352 g/mol. The fourth-order valence-electron chi connectivity index (χ4n) is 2.09. The van der Waals surface area contributed by atoms with Gasteiger partial charge in [0.2, 0.25) is 0 Å². The number of carbonyl (C=O) groups is 1. The summed E-state index contributed by atoms with van der Waals surface area (Å²) in [5.41, 5.74) is 0.840. The van der Waals surface area contributed by atoms with Gasteiger partial charge in [-0.2, -0.15) is 0 Å². The number of rotatable bonds is 9. The predicted molar refractivity (Wildman–Crippen MR) is 87.6 cm³/mol. The van der Waals surface area contributed by atoms with Gasteiger partial charge in [0.25, 0.3) is 5.69 Å². The summed E-state index contributed by atoms with van der Waals surface area (Å²) in [4.78, 5) is 23.4. The highest BCUT2D eigenvalue weighted by molar-refractivity contribution is 9.10. The molecule has 1 rings (SSSR count). The second-order valence-corrected chi connectivity index (χ2v) is 6.08. The summed E-state index contributed by atoms with van der Waals surface area (Å²) in [7, 11) is 1.94. The lowest BCUT2D eigenvalue weighted by Crippen LogP contribution is -2.19. The number of nitrogens with zero attached hydrogens (tertiary/aromatic N) is 2. The fourth-order valence-corrected chi connectivity index (χ4v) is 2.44. The van der Waals surface area contributed by atoms with E-state index in [1.165, 1.54) is 13.0 Å². The molecule has 0 radical (unpaired) electrons. The highest BCUT2D eigenvalue weighted by Crippen LogP contribution is 2.24. The summed E-state index contributed by atoms with van der Waals surface area (Å²) in [5.74, 6) is -0.250. The number of hydrogen-bond donors (Lipinski definition) is 0. The highest BCUT2D eigenvalue weighted by Gasteiger charge is 2.15. The molecule has 122 valence electrons. The Labute approximate surface area is 138 Å². The number of halogens is 1. The number of carbonyl (C=O) groups excluding carboxylic acids is 1. The quantitative estimate of drug-likeness (QED) is 0.287. The van der Waals surface area contributed by atoms with E-state index >= 15 is 0 Å². The van der Waals surface area contributed by atoms with Crippen LogP contribution in [0, 0.1) is 10.1 Å². The first kappa shape index (κ1) is 18.6. The van der Waals surface area contributed by atoms with Crippen LogP contribution in [0.15, 0.2) is 22.7 Å². The molecule has 0 aliphatic carbocycles. The zero-order valence-electron chi connectivity index (χ0n) is 12.9. The zero-order valence-corrected chi connectivity index (χ0v) is 14.5. The molecule has 0 spiro atoms.